The van der Waals surface area contributed by atoms with Gasteiger partial charge in [-0.1, -0.05) is 0 Å². The first-order valence-corrected chi connectivity index (χ1v) is 11.3. The summed E-state index contributed by atoms with van der Waals surface area (Å²) in [6.07, 6.45) is -5.24. The molecule has 5 heterocycles. The zero-order valence-corrected chi connectivity index (χ0v) is 20.2. The highest BCUT2D eigenvalue weighted by molar-refractivity contribution is 6.09. The first kappa shape index (κ1) is 25.3. The quantitative estimate of drug-likeness (QED) is 0.353. The van der Waals surface area contributed by atoms with E-state index in [1.807, 2.05) is 6.92 Å². The summed E-state index contributed by atoms with van der Waals surface area (Å²) in [6, 6.07) is 0. The Morgan fingerprint density at radius 3 is 2.47 bits per heavy atom. The fraction of sp³-hybridized carbons (Fsp3) is 0.429. The lowest BCUT2D eigenvalue weighted by molar-refractivity contribution is -0.284. The predicted octanol–water partition coefficient (Wildman–Crippen LogP) is 2.40. The van der Waals surface area contributed by atoms with E-state index in [1.54, 1.807) is 6.92 Å². The second-order valence-corrected chi connectivity index (χ2v) is 8.85. The molecule has 0 saturated carbocycles. The summed E-state index contributed by atoms with van der Waals surface area (Å²) in [5, 5.41) is 15.5. The van der Waals surface area contributed by atoms with Gasteiger partial charge in [0, 0.05) is 19.9 Å². The van der Waals surface area contributed by atoms with Crippen LogP contribution in [0.25, 0.3) is 22.6 Å². The zero-order chi connectivity index (χ0) is 27.6. The van der Waals surface area contributed by atoms with Crippen molar-refractivity contribution in [1.82, 2.24) is 44.7 Å². The molecule has 5 rings (SSSR count). The molecule has 0 bridgehead atoms. The van der Waals surface area contributed by atoms with Crippen LogP contribution in [0.15, 0.2) is 12.4 Å². The Labute approximate surface area is 210 Å². The van der Waals surface area contributed by atoms with Gasteiger partial charge in [-0.25, -0.2) is 19.9 Å². The molecule has 0 fully saturated rings. The highest BCUT2D eigenvalue weighted by atomic mass is 19.4. The molecule has 1 aliphatic heterocycles. The average molecular weight is 537 g/mol. The van der Waals surface area contributed by atoms with E-state index >= 15 is 0 Å². The lowest BCUT2D eigenvalue weighted by Crippen LogP contribution is -2.36. The number of nitrogens with zero attached hydrogens (tertiary/aromatic N) is 9. The molecule has 1 unspecified atom stereocenters. The first-order valence-electron chi connectivity index (χ1n) is 11.3. The highest BCUT2D eigenvalue weighted by Crippen LogP contribution is 2.44. The third kappa shape index (κ3) is 3.79. The number of hydrogen-bond acceptors (Lipinski definition) is 9. The van der Waals surface area contributed by atoms with Crippen LogP contribution < -0.4 is 11.1 Å². The molecule has 0 aliphatic carbocycles. The van der Waals surface area contributed by atoms with Crippen molar-refractivity contribution in [1.29, 1.82) is 0 Å². The maximum Gasteiger partial charge on any atom is 0.453 e. The SMILES string of the molecule is CCn1ncc(C2(C)C(=O)Nc3nc(-c4nc(CCC(F)(F)C(F)(F)F)nc5c4cnn5C)nc(N)c32)n1. The van der Waals surface area contributed by atoms with E-state index in [2.05, 4.69) is 40.5 Å². The van der Waals surface area contributed by atoms with Crippen LogP contribution in [0.2, 0.25) is 0 Å². The van der Waals surface area contributed by atoms with Gasteiger partial charge in [0.25, 0.3) is 0 Å². The Balaban J connectivity index is 1.60. The molecule has 200 valence electrons. The number of carbonyl (C=O) groups is 1. The largest absolute Gasteiger partial charge is 0.453 e. The number of anilines is 2. The topological polar surface area (TPSA) is 155 Å². The predicted molar refractivity (Wildman–Crippen MR) is 122 cm³/mol. The van der Waals surface area contributed by atoms with E-state index < -0.39 is 36.3 Å². The minimum Gasteiger partial charge on any atom is -0.383 e. The van der Waals surface area contributed by atoms with Crippen molar-refractivity contribution < 1.29 is 26.7 Å². The Morgan fingerprint density at radius 2 is 1.82 bits per heavy atom. The zero-order valence-electron chi connectivity index (χ0n) is 20.2. The summed E-state index contributed by atoms with van der Waals surface area (Å²) in [4.78, 5) is 31.5. The minimum atomic E-state index is -5.71. The number of nitrogen functional groups attached to an aromatic ring is 1. The molecule has 4 aromatic heterocycles. The number of hydrogen-bond donors (Lipinski definition) is 2. The van der Waals surface area contributed by atoms with Crippen molar-refractivity contribution in [3.8, 4) is 11.5 Å². The van der Waals surface area contributed by atoms with Gasteiger partial charge in [-0.2, -0.15) is 42.0 Å². The average Bonchev–Trinajstić information content (AvgIpc) is 3.54. The lowest BCUT2D eigenvalue weighted by Gasteiger charge is -2.20. The van der Waals surface area contributed by atoms with Crippen LogP contribution in [0.5, 0.6) is 0 Å². The van der Waals surface area contributed by atoms with Crippen LogP contribution in [0.1, 0.15) is 37.4 Å². The summed E-state index contributed by atoms with van der Waals surface area (Å²) >= 11 is 0. The van der Waals surface area contributed by atoms with E-state index in [-0.39, 0.29) is 40.2 Å². The number of alkyl halides is 5. The van der Waals surface area contributed by atoms with Gasteiger partial charge in [-0.15, -0.1) is 0 Å². The van der Waals surface area contributed by atoms with Gasteiger partial charge < -0.3 is 11.1 Å². The molecule has 0 spiro atoms. The molecular weight excluding hydrogens is 517 g/mol. The number of aryl methyl sites for hydroxylation is 3. The number of nitrogens with one attached hydrogen (secondary N) is 1. The number of carbonyl (C=O) groups excluding carboxylic acids is 1. The Kier molecular flexibility index (Phi) is 5.57. The van der Waals surface area contributed by atoms with E-state index in [9.17, 15) is 26.7 Å². The molecule has 0 aromatic carbocycles. The van der Waals surface area contributed by atoms with Crippen molar-refractivity contribution in [3.05, 3.63) is 29.5 Å². The Hall–Kier alpha value is -4.31. The van der Waals surface area contributed by atoms with E-state index in [0.717, 1.165) is 0 Å². The first-order chi connectivity index (χ1) is 17.8. The fourth-order valence-electron chi connectivity index (χ4n) is 4.20. The molecular formula is C21H20F5N11O. The third-order valence-corrected chi connectivity index (χ3v) is 6.38. The number of nitrogens with two attached hydrogens (primary N) is 1. The number of aromatic nitrogens is 9. The Bertz CT molecular complexity index is 1580. The van der Waals surface area contributed by atoms with E-state index in [1.165, 1.54) is 28.9 Å². The van der Waals surface area contributed by atoms with Crippen molar-refractivity contribution in [3.63, 3.8) is 0 Å². The van der Waals surface area contributed by atoms with Crippen LogP contribution in [0.3, 0.4) is 0 Å². The maximum absolute atomic E-state index is 13.6. The second-order valence-electron chi connectivity index (χ2n) is 8.85. The maximum atomic E-state index is 13.6. The number of amides is 1. The summed E-state index contributed by atoms with van der Waals surface area (Å²) in [5.74, 6) is -5.82. The molecule has 1 atom stereocenters. The van der Waals surface area contributed by atoms with Crippen molar-refractivity contribution in [2.75, 3.05) is 11.1 Å². The lowest BCUT2D eigenvalue weighted by atomic mass is 9.81. The van der Waals surface area contributed by atoms with Gasteiger partial charge in [0.2, 0.25) is 5.91 Å². The van der Waals surface area contributed by atoms with E-state index in [4.69, 9.17) is 5.73 Å². The van der Waals surface area contributed by atoms with Gasteiger partial charge in [-0.3, -0.25) is 9.48 Å². The molecule has 38 heavy (non-hydrogen) atoms. The van der Waals surface area contributed by atoms with Crippen molar-refractivity contribution >= 4 is 28.6 Å². The van der Waals surface area contributed by atoms with Crippen LogP contribution in [-0.2, 0) is 30.2 Å². The monoisotopic (exact) mass is 537 g/mol. The highest BCUT2D eigenvalue weighted by Gasteiger charge is 2.56. The van der Waals surface area contributed by atoms with Gasteiger partial charge in [0.15, 0.2) is 11.5 Å². The molecule has 12 nitrogen and oxygen atoms in total. The summed E-state index contributed by atoms with van der Waals surface area (Å²) in [6.45, 7) is 3.90. The Morgan fingerprint density at radius 1 is 1.08 bits per heavy atom. The molecule has 3 N–H and O–H groups in total. The number of rotatable bonds is 6. The fourth-order valence-corrected chi connectivity index (χ4v) is 4.20. The molecule has 0 saturated heterocycles. The van der Waals surface area contributed by atoms with Gasteiger partial charge >= 0.3 is 12.1 Å². The number of fused-ring (bicyclic) bond motifs is 2. The molecule has 17 heteroatoms. The molecule has 0 radical (unpaired) electrons. The standard InChI is InChI=1S/C21H20F5N11O/c1-4-37-29-8-10(35-37)19(2)12-14(27)32-16(33-15(12)34-18(19)38)13-9-7-28-36(3)17(9)31-11(30-13)5-6-20(22,23)21(24,25)26/h7-8H,4-6H2,1-3H3,(H3,27,32,33,34,38). The minimum absolute atomic E-state index is 0.00250. The van der Waals surface area contributed by atoms with Crippen LogP contribution in [-0.4, -0.2) is 62.7 Å². The smallest absolute Gasteiger partial charge is 0.383 e. The van der Waals surface area contributed by atoms with Gasteiger partial charge in [0.05, 0.1) is 29.9 Å². The van der Waals surface area contributed by atoms with Crippen LogP contribution in [0, 0.1) is 0 Å². The summed E-state index contributed by atoms with van der Waals surface area (Å²) in [7, 11) is 1.51. The second kappa shape index (κ2) is 8.35. The van der Waals surface area contributed by atoms with Gasteiger partial charge in [0.1, 0.15) is 34.3 Å². The van der Waals surface area contributed by atoms with Crippen LogP contribution >= 0.6 is 0 Å². The van der Waals surface area contributed by atoms with Gasteiger partial charge in [-0.05, 0) is 13.8 Å². The summed E-state index contributed by atoms with van der Waals surface area (Å²) in [5.41, 5.74) is 5.68. The normalized spacial score (nSPS) is 17.7. The van der Waals surface area contributed by atoms with Crippen molar-refractivity contribution in [2.45, 2.75) is 50.7 Å². The summed E-state index contributed by atoms with van der Waals surface area (Å²) < 4.78 is 66.4. The number of halogens is 5. The molecule has 1 amide bonds. The molecule has 1 aliphatic rings. The van der Waals surface area contributed by atoms with Crippen molar-refractivity contribution in [2.24, 2.45) is 7.05 Å². The van der Waals surface area contributed by atoms with E-state index in [0.29, 0.717) is 17.6 Å². The third-order valence-electron chi connectivity index (χ3n) is 6.38. The van der Waals surface area contributed by atoms with Crippen LogP contribution in [0.4, 0.5) is 33.6 Å². The molecule has 4 aromatic rings.